The van der Waals surface area contributed by atoms with Gasteiger partial charge in [-0.25, -0.2) is 4.98 Å². The number of rotatable bonds is 3. The molecule has 1 N–H and O–H groups in total. The fourth-order valence-corrected chi connectivity index (χ4v) is 2.99. The van der Waals surface area contributed by atoms with E-state index in [1.165, 1.54) is 12.8 Å². The van der Waals surface area contributed by atoms with Gasteiger partial charge in [-0.3, -0.25) is 0 Å². The molecule has 82 valence electrons. The highest BCUT2D eigenvalue weighted by molar-refractivity contribution is 7.13. The second-order valence-electron chi connectivity index (χ2n) is 4.51. The average Bonchev–Trinajstić information content (AvgIpc) is 2.83. The van der Waals surface area contributed by atoms with Crippen LogP contribution in [-0.4, -0.2) is 23.7 Å². The molecule has 0 bridgehead atoms. The second-order valence-corrected chi connectivity index (χ2v) is 5.36. The van der Waals surface area contributed by atoms with Crippen molar-refractivity contribution in [2.24, 2.45) is 5.92 Å². The van der Waals surface area contributed by atoms with Crippen LogP contribution in [0.2, 0.25) is 0 Å². The van der Waals surface area contributed by atoms with Crippen LogP contribution in [0.4, 0.5) is 5.13 Å². The molecule has 0 aromatic carbocycles. The molecule has 1 aromatic heterocycles. The van der Waals surface area contributed by atoms with Crippen molar-refractivity contribution < 1.29 is 4.74 Å². The molecule has 1 saturated carbocycles. The number of ether oxygens (including phenoxy) is 1. The molecule has 2 fully saturated rings. The monoisotopic (exact) mass is 224 g/mol. The molecular formula is C11H16N2OS. The minimum absolute atomic E-state index is 0.439. The molecule has 3 rings (SSSR count). The molecule has 0 spiro atoms. The molecule has 2 unspecified atom stereocenters. The van der Waals surface area contributed by atoms with Gasteiger partial charge in [-0.15, -0.1) is 11.3 Å². The Balaban J connectivity index is 1.66. The molecular weight excluding hydrogens is 208 g/mol. The summed E-state index contributed by atoms with van der Waals surface area (Å²) in [5, 5.41) is 6.65. The Bertz CT molecular complexity index is 348. The van der Waals surface area contributed by atoms with E-state index in [1.807, 2.05) is 6.92 Å². The average molecular weight is 224 g/mol. The Kier molecular flexibility index (Phi) is 2.41. The normalized spacial score (nSPS) is 30.7. The Hall–Kier alpha value is -0.610. The van der Waals surface area contributed by atoms with Crippen LogP contribution in [0.5, 0.6) is 0 Å². The number of aryl methyl sites for hydroxylation is 1. The van der Waals surface area contributed by atoms with Gasteiger partial charge in [-0.1, -0.05) is 0 Å². The van der Waals surface area contributed by atoms with E-state index in [9.17, 15) is 0 Å². The Labute approximate surface area is 93.9 Å². The minimum atomic E-state index is 0.439. The van der Waals surface area contributed by atoms with Gasteiger partial charge in [0.05, 0.1) is 17.8 Å². The van der Waals surface area contributed by atoms with Crippen molar-refractivity contribution in [2.45, 2.75) is 38.3 Å². The second kappa shape index (κ2) is 3.76. The van der Waals surface area contributed by atoms with Gasteiger partial charge in [0, 0.05) is 12.0 Å². The van der Waals surface area contributed by atoms with Crippen LogP contribution >= 0.6 is 11.3 Å². The zero-order valence-corrected chi connectivity index (χ0v) is 9.72. The molecule has 2 atom stereocenters. The predicted molar refractivity (Wildman–Crippen MR) is 61.3 cm³/mol. The van der Waals surface area contributed by atoms with Crippen LogP contribution in [0, 0.1) is 12.8 Å². The van der Waals surface area contributed by atoms with Crippen molar-refractivity contribution >= 4 is 16.5 Å². The highest BCUT2D eigenvalue weighted by Crippen LogP contribution is 2.39. The van der Waals surface area contributed by atoms with Crippen molar-refractivity contribution in [1.82, 2.24) is 4.98 Å². The maximum absolute atomic E-state index is 5.78. The lowest BCUT2D eigenvalue weighted by Gasteiger charge is -2.18. The lowest BCUT2D eigenvalue weighted by molar-refractivity contribution is 0.0898. The molecule has 3 nitrogen and oxygen atoms in total. The summed E-state index contributed by atoms with van der Waals surface area (Å²) in [7, 11) is 0. The zero-order chi connectivity index (χ0) is 10.3. The Morgan fingerprint density at radius 1 is 1.47 bits per heavy atom. The van der Waals surface area contributed by atoms with E-state index in [1.54, 1.807) is 11.3 Å². The predicted octanol–water partition coefficient (Wildman–Crippen LogP) is 2.43. The van der Waals surface area contributed by atoms with Crippen molar-refractivity contribution in [2.75, 3.05) is 11.9 Å². The van der Waals surface area contributed by atoms with E-state index >= 15 is 0 Å². The van der Waals surface area contributed by atoms with Crippen LogP contribution in [0.25, 0.3) is 0 Å². The van der Waals surface area contributed by atoms with E-state index < -0.39 is 0 Å². The summed E-state index contributed by atoms with van der Waals surface area (Å²) in [4.78, 5) is 4.44. The molecule has 1 aliphatic heterocycles. The quantitative estimate of drug-likeness (QED) is 0.856. The maximum atomic E-state index is 5.78. The SMILES string of the molecule is Cc1csc(NC2CCOC2C2CC2)n1. The third-order valence-corrected chi connectivity index (χ3v) is 4.04. The molecule has 1 saturated heterocycles. The van der Waals surface area contributed by atoms with Crippen LogP contribution in [0.1, 0.15) is 25.0 Å². The minimum Gasteiger partial charge on any atom is -0.376 e. The smallest absolute Gasteiger partial charge is 0.183 e. The molecule has 0 amide bonds. The third kappa shape index (κ3) is 2.01. The molecule has 0 radical (unpaired) electrons. The number of hydrogen-bond acceptors (Lipinski definition) is 4. The highest BCUT2D eigenvalue weighted by atomic mass is 32.1. The summed E-state index contributed by atoms with van der Waals surface area (Å²) in [5.41, 5.74) is 1.10. The van der Waals surface area contributed by atoms with Crippen LogP contribution < -0.4 is 5.32 Å². The number of nitrogens with one attached hydrogen (secondary N) is 1. The zero-order valence-electron chi connectivity index (χ0n) is 8.90. The fraction of sp³-hybridized carbons (Fsp3) is 0.727. The van der Waals surface area contributed by atoms with Crippen molar-refractivity contribution in [1.29, 1.82) is 0 Å². The number of hydrogen-bond donors (Lipinski definition) is 1. The van der Waals surface area contributed by atoms with Crippen LogP contribution in [0.15, 0.2) is 5.38 Å². The van der Waals surface area contributed by atoms with Crippen molar-refractivity contribution in [3.8, 4) is 0 Å². The van der Waals surface area contributed by atoms with Gasteiger partial charge in [0.25, 0.3) is 0 Å². The lowest BCUT2D eigenvalue weighted by atomic mass is 10.1. The van der Waals surface area contributed by atoms with Gasteiger partial charge in [0.15, 0.2) is 5.13 Å². The summed E-state index contributed by atoms with van der Waals surface area (Å²) < 4.78 is 5.78. The van der Waals surface area contributed by atoms with E-state index in [4.69, 9.17) is 4.74 Å². The van der Waals surface area contributed by atoms with Gasteiger partial charge in [-0.05, 0) is 32.1 Å². The number of thiazole rings is 1. The third-order valence-electron chi connectivity index (χ3n) is 3.15. The molecule has 4 heteroatoms. The molecule has 2 aliphatic rings. The van der Waals surface area contributed by atoms with E-state index in [-0.39, 0.29) is 0 Å². The molecule has 15 heavy (non-hydrogen) atoms. The van der Waals surface area contributed by atoms with E-state index in [0.717, 1.165) is 29.8 Å². The Morgan fingerprint density at radius 3 is 3.00 bits per heavy atom. The van der Waals surface area contributed by atoms with Gasteiger partial charge in [0.1, 0.15) is 0 Å². The summed E-state index contributed by atoms with van der Waals surface area (Å²) in [6.07, 6.45) is 4.26. The summed E-state index contributed by atoms with van der Waals surface area (Å²) in [6.45, 7) is 2.94. The summed E-state index contributed by atoms with van der Waals surface area (Å²) in [6, 6.07) is 0.489. The van der Waals surface area contributed by atoms with Gasteiger partial charge >= 0.3 is 0 Å². The van der Waals surface area contributed by atoms with Gasteiger partial charge in [-0.2, -0.15) is 0 Å². The Morgan fingerprint density at radius 2 is 2.33 bits per heavy atom. The first-order valence-electron chi connectivity index (χ1n) is 5.63. The van der Waals surface area contributed by atoms with Crippen LogP contribution in [0.3, 0.4) is 0 Å². The first-order valence-corrected chi connectivity index (χ1v) is 6.51. The topological polar surface area (TPSA) is 34.1 Å². The van der Waals surface area contributed by atoms with Crippen LogP contribution in [-0.2, 0) is 4.74 Å². The molecule has 2 heterocycles. The number of nitrogens with zero attached hydrogens (tertiary/aromatic N) is 1. The molecule has 1 aliphatic carbocycles. The summed E-state index contributed by atoms with van der Waals surface area (Å²) in [5.74, 6) is 0.811. The lowest BCUT2D eigenvalue weighted by Crippen LogP contribution is -2.30. The first-order chi connectivity index (χ1) is 7.33. The number of aromatic nitrogens is 1. The van der Waals surface area contributed by atoms with Crippen molar-refractivity contribution in [3.05, 3.63) is 11.1 Å². The number of anilines is 1. The highest BCUT2D eigenvalue weighted by Gasteiger charge is 2.40. The van der Waals surface area contributed by atoms with Gasteiger partial charge in [0.2, 0.25) is 0 Å². The van der Waals surface area contributed by atoms with Crippen molar-refractivity contribution in [3.63, 3.8) is 0 Å². The van der Waals surface area contributed by atoms with Gasteiger partial charge < -0.3 is 10.1 Å². The van der Waals surface area contributed by atoms with E-state index in [0.29, 0.717) is 12.1 Å². The van der Waals surface area contributed by atoms with E-state index in [2.05, 4.69) is 15.7 Å². The maximum Gasteiger partial charge on any atom is 0.183 e. The summed E-state index contributed by atoms with van der Waals surface area (Å²) >= 11 is 1.69. The standard InChI is InChI=1S/C11H16N2OS/c1-7-6-15-11(12-7)13-9-4-5-14-10(9)8-2-3-8/h6,8-10H,2-5H2,1H3,(H,12,13). The fourth-order valence-electron chi connectivity index (χ4n) is 2.23. The largest absolute Gasteiger partial charge is 0.376 e. The first kappa shape index (κ1) is 9.60. The molecule has 1 aromatic rings.